The van der Waals surface area contributed by atoms with Crippen molar-refractivity contribution in [3.05, 3.63) is 0 Å². The maximum absolute atomic E-state index is 12.8. The van der Waals surface area contributed by atoms with Crippen molar-refractivity contribution in [2.45, 2.75) is 26.1 Å². The number of hydrogen-bond donors (Lipinski definition) is 2. The zero-order valence-corrected chi connectivity index (χ0v) is 7.62. The second kappa shape index (κ2) is 3.70. The lowest BCUT2D eigenvalue weighted by Gasteiger charge is -2.37. The molecule has 1 rings (SSSR count). The van der Waals surface area contributed by atoms with E-state index in [-0.39, 0.29) is 24.4 Å². The van der Waals surface area contributed by atoms with Gasteiger partial charge in [0.25, 0.3) is 0 Å². The Hall–Kier alpha value is 0.140. The van der Waals surface area contributed by atoms with Crippen LogP contribution in [0.1, 0.15) is 13.8 Å². The maximum Gasteiger partial charge on any atom is 0.139 e. The Labute approximate surface area is 72.6 Å². The molecule has 0 radical (unpaired) electrons. The van der Waals surface area contributed by atoms with Crippen molar-refractivity contribution in [3.8, 4) is 0 Å². The minimum absolute atomic E-state index is 0. The van der Waals surface area contributed by atoms with Crippen LogP contribution in [0.4, 0.5) is 4.39 Å². The third kappa shape index (κ3) is 2.29. The number of piperidine rings is 1. The molecule has 0 aromatic heterocycles. The van der Waals surface area contributed by atoms with Gasteiger partial charge in [0.15, 0.2) is 0 Å². The molecule has 1 fully saturated rings. The summed E-state index contributed by atoms with van der Waals surface area (Å²) in [6, 6.07) is 0. The van der Waals surface area contributed by atoms with Gasteiger partial charge in [-0.25, -0.2) is 4.39 Å². The van der Waals surface area contributed by atoms with E-state index in [1.165, 1.54) is 0 Å². The van der Waals surface area contributed by atoms with Gasteiger partial charge in [0, 0.05) is 18.5 Å². The van der Waals surface area contributed by atoms with Gasteiger partial charge in [-0.15, -0.1) is 12.4 Å². The zero-order chi connectivity index (χ0) is 7.78. The standard InChI is InChI=1S/C7H14FNO.ClH/c1-7(2)4-9-3-5(8)6(7)10;/h5-6,9-10H,3-4H2,1-2H3;1H/t5-,6-;/m0./s1. The van der Waals surface area contributed by atoms with E-state index in [0.717, 1.165) is 0 Å². The Bertz CT molecular complexity index is 132. The van der Waals surface area contributed by atoms with Crippen molar-refractivity contribution in [3.63, 3.8) is 0 Å². The monoisotopic (exact) mass is 183 g/mol. The predicted octanol–water partition coefficient (Wildman–Crippen LogP) is 0.737. The summed E-state index contributed by atoms with van der Waals surface area (Å²) in [5.41, 5.74) is -0.322. The molecule has 1 aliphatic rings. The molecule has 0 amide bonds. The predicted molar refractivity (Wildman–Crippen MR) is 44.8 cm³/mol. The van der Waals surface area contributed by atoms with E-state index in [1.54, 1.807) is 0 Å². The Balaban J connectivity index is 0.000001000. The summed E-state index contributed by atoms with van der Waals surface area (Å²) in [6.07, 6.45) is -1.92. The number of halogens is 2. The lowest BCUT2D eigenvalue weighted by atomic mass is 9.81. The van der Waals surface area contributed by atoms with Crippen molar-refractivity contribution >= 4 is 12.4 Å². The fourth-order valence-electron chi connectivity index (χ4n) is 1.24. The van der Waals surface area contributed by atoms with Crippen LogP contribution in [-0.4, -0.2) is 30.5 Å². The van der Waals surface area contributed by atoms with E-state index < -0.39 is 12.3 Å². The highest BCUT2D eigenvalue weighted by Crippen LogP contribution is 2.26. The van der Waals surface area contributed by atoms with Gasteiger partial charge in [-0.2, -0.15) is 0 Å². The average Bonchev–Trinajstić information content (AvgIpc) is 1.83. The van der Waals surface area contributed by atoms with Gasteiger partial charge in [-0.05, 0) is 0 Å². The third-order valence-electron chi connectivity index (χ3n) is 2.06. The maximum atomic E-state index is 12.8. The number of aliphatic hydroxyl groups excluding tert-OH is 1. The Morgan fingerprint density at radius 3 is 2.45 bits per heavy atom. The smallest absolute Gasteiger partial charge is 0.139 e. The highest BCUT2D eigenvalue weighted by molar-refractivity contribution is 5.85. The van der Waals surface area contributed by atoms with Gasteiger partial charge in [-0.3, -0.25) is 0 Å². The first-order chi connectivity index (χ1) is 4.54. The minimum Gasteiger partial charge on any atom is -0.389 e. The van der Waals surface area contributed by atoms with Crippen LogP contribution in [0.25, 0.3) is 0 Å². The van der Waals surface area contributed by atoms with Crippen LogP contribution in [0.15, 0.2) is 0 Å². The van der Waals surface area contributed by atoms with Crippen molar-refractivity contribution in [1.29, 1.82) is 0 Å². The molecule has 1 aliphatic heterocycles. The first-order valence-corrected chi connectivity index (χ1v) is 3.57. The molecule has 4 heteroatoms. The Morgan fingerprint density at radius 2 is 2.09 bits per heavy atom. The van der Waals surface area contributed by atoms with E-state index in [0.29, 0.717) is 6.54 Å². The van der Waals surface area contributed by atoms with Crippen molar-refractivity contribution < 1.29 is 9.50 Å². The first-order valence-electron chi connectivity index (χ1n) is 3.57. The number of alkyl halides is 1. The van der Waals surface area contributed by atoms with Crippen LogP contribution in [0.5, 0.6) is 0 Å². The lowest BCUT2D eigenvalue weighted by molar-refractivity contribution is -0.0346. The number of aliphatic hydroxyl groups is 1. The van der Waals surface area contributed by atoms with Gasteiger partial charge in [0.1, 0.15) is 6.17 Å². The second-order valence-electron chi connectivity index (χ2n) is 3.58. The van der Waals surface area contributed by atoms with Crippen LogP contribution < -0.4 is 5.32 Å². The summed E-state index contributed by atoms with van der Waals surface area (Å²) < 4.78 is 12.8. The molecule has 2 nitrogen and oxygen atoms in total. The minimum atomic E-state index is -1.11. The number of hydrogen-bond acceptors (Lipinski definition) is 2. The van der Waals surface area contributed by atoms with E-state index >= 15 is 0 Å². The zero-order valence-electron chi connectivity index (χ0n) is 6.80. The van der Waals surface area contributed by atoms with Crippen LogP contribution in [0.2, 0.25) is 0 Å². The van der Waals surface area contributed by atoms with Crippen LogP contribution in [-0.2, 0) is 0 Å². The molecule has 0 aromatic carbocycles. The van der Waals surface area contributed by atoms with Gasteiger partial charge >= 0.3 is 0 Å². The highest BCUT2D eigenvalue weighted by atomic mass is 35.5. The molecule has 0 spiro atoms. The Kier molecular flexibility index (Phi) is 3.74. The molecule has 1 heterocycles. The molecule has 2 atom stereocenters. The molecule has 11 heavy (non-hydrogen) atoms. The molecule has 0 bridgehead atoms. The SMILES string of the molecule is CC1(C)CNC[C@H](F)[C@@H]1O.Cl. The largest absolute Gasteiger partial charge is 0.389 e. The Morgan fingerprint density at radius 1 is 1.55 bits per heavy atom. The second-order valence-corrected chi connectivity index (χ2v) is 3.58. The molecule has 0 aromatic rings. The van der Waals surface area contributed by atoms with Crippen LogP contribution >= 0.6 is 12.4 Å². The molecule has 0 aliphatic carbocycles. The van der Waals surface area contributed by atoms with Crippen molar-refractivity contribution in [2.75, 3.05) is 13.1 Å². The van der Waals surface area contributed by atoms with Gasteiger partial charge in [-0.1, -0.05) is 13.8 Å². The van der Waals surface area contributed by atoms with Gasteiger partial charge < -0.3 is 10.4 Å². The van der Waals surface area contributed by atoms with Crippen molar-refractivity contribution in [1.82, 2.24) is 5.32 Å². The lowest BCUT2D eigenvalue weighted by Crippen LogP contribution is -2.53. The fraction of sp³-hybridized carbons (Fsp3) is 1.00. The van der Waals surface area contributed by atoms with E-state index in [4.69, 9.17) is 0 Å². The third-order valence-corrected chi connectivity index (χ3v) is 2.06. The molecule has 0 saturated carbocycles. The molecule has 2 N–H and O–H groups in total. The van der Waals surface area contributed by atoms with Crippen LogP contribution in [0, 0.1) is 5.41 Å². The molecular weight excluding hydrogens is 169 g/mol. The highest BCUT2D eigenvalue weighted by Gasteiger charge is 2.37. The van der Waals surface area contributed by atoms with Gasteiger partial charge in [0.05, 0.1) is 6.10 Å². The number of nitrogens with one attached hydrogen (secondary N) is 1. The van der Waals surface area contributed by atoms with Gasteiger partial charge in [0.2, 0.25) is 0 Å². The van der Waals surface area contributed by atoms with Crippen molar-refractivity contribution in [2.24, 2.45) is 5.41 Å². The first kappa shape index (κ1) is 11.1. The van der Waals surface area contributed by atoms with Crippen LogP contribution in [0.3, 0.4) is 0 Å². The van der Waals surface area contributed by atoms with E-state index in [2.05, 4.69) is 5.32 Å². The summed E-state index contributed by atoms with van der Waals surface area (Å²) in [5, 5.41) is 12.2. The summed E-state index contributed by atoms with van der Waals surface area (Å²) >= 11 is 0. The molecule has 68 valence electrons. The van der Waals surface area contributed by atoms with E-state index in [1.807, 2.05) is 13.8 Å². The summed E-state index contributed by atoms with van der Waals surface area (Å²) in [6.45, 7) is 4.69. The molecule has 1 saturated heterocycles. The number of rotatable bonds is 0. The molecular formula is C7H15ClFNO. The fourth-order valence-corrected chi connectivity index (χ4v) is 1.24. The normalized spacial score (nSPS) is 36.0. The average molecular weight is 184 g/mol. The van der Waals surface area contributed by atoms with E-state index in [9.17, 15) is 9.50 Å². The quantitative estimate of drug-likeness (QED) is 0.581. The topological polar surface area (TPSA) is 32.3 Å². The summed E-state index contributed by atoms with van der Waals surface area (Å²) in [5.74, 6) is 0. The summed E-state index contributed by atoms with van der Waals surface area (Å²) in [4.78, 5) is 0. The molecule has 0 unspecified atom stereocenters. The summed E-state index contributed by atoms with van der Waals surface area (Å²) in [7, 11) is 0.